The number of alkyl halides is 6. The lowest BCUT2D eigenvalue weighted by Gasteiger charge is -2.55. The SMILES string of the molecule is NCC(=O)C1(c2cccc(O)c2)C(C(=O)c2cc(C(F)(F)F)cc(C(F)(F)F)c2)NCCN1C1CCN(Cc2ccccc2)CC1. The predicted molar refractivity (Wildman–Crippen MR) is 158 cm³/mol. The van der Waals surface area contributed by atoms with E-state index in [4.69, 9.17) is 5.73 Å². The summed E-state index contributed by atoms with van der Waals surface area (Å²) in [5.41, 5.74) is 1.15. The van der Waals surface area contributed by atoms with E-state index in [1.54, 1.807) is 0 Å². The number of halogens is 6. The summed E-state index contributed by atoms with van der Waals surface area (Å²) in [6, 6.07) is 14.2. The van der Waals surface area contributed by atoms with Crippen LogP contribution in [0.5, 0.6) is 5.75 Å². The summed E-state index contributed by atoms with van der Waals surface area (Å²) in [5.74, 6) is -2.04. The number of piperidine rings is 1. The third kappa shape index (κ3) is 6.68. The number of piperazine rings is 1. The van der Waals surface area contributed by atoms with E-state index < -0.39 is 58.7 Å². The molecule has 2 unspecified atom stereocenters. The summed E-state index contributed by atoms with van der Waals surface area (Å²) in [6.45, 7) is 1.73. The summed E-state index contributed by atoms with van der Waals surface area (Å²) in [4.78, 5) is 32.5. The van der Waals surface area contributed by atoms with Gasteiger partial charge in [0.05, 0.1) is 17.7 Å². The van der Waals surface area contributed by atoms with Gasteiger partial charge in [-0.3, -0.25) is 19.4 Å². The molecule has 0 aromatic heterocycles. The maximum Gasteiger partial charge on any atom is 0.416 e. The number of carbonyl (C=O) groups is 2. The summed E-state index contributed by atoms with van der Waals surface area (Å²) in [5, 5.41) is 13.4. The monoisotopic (exact) mass is 648 g/mol. The van der Waals surface area contributed by atoms with Crippen LogP contribution in [0.15, 0.2) is 72.8 Å². The number of carbonyl (C=O) groups excluding carboxylic acids is 2. The van der Waals surface area contributed by atoms with Crippen LogP contribution in [0, 0.1) is 0 Å². The van der Waals surface area contributed by atoms with E-state index in [2.05, 4.69) is 10.2 Å². The first kappa shape index (κ1) is 33.6. The number of phenols is 1. The number of nitrogens with zero attached hydrogens (tertiary/aromatic N) is 2. The van der Waals surface area contributed by atoms with E-state index >= 15 is 0 Å². The molecule has 2 aliphatic heterocycles. The lowest BCUT2D eigenvalue weighted by molar-refractivity contribution is -0.143. The number of hydrogen-bond donors (Lipinski definition) is 3. The molecule has 2 aliphatic rings. The maximum absolute atomic E-state index is 14.2. The zero-order valence-electron chi connectivity index (χ0n) is 24.7. The molecular weight excluding hydrogens is 614 g/mol. The predicted octanol–water partition coefficient (Wildman–Crippen LogP) is 4.97. The first-order valence-electron chi connectivity index (χ1n) is 14.9. The molecule has 0 amide bonds. The number of likely N-dealkylation sites (tertiary alicyclic amines) is 1. The summed E-state index contributed by atoms with van der Waals surface area (Å²) in [6.07, 6.45) is -9.22. The van der Waals surface area contributed by atoms with Crippen LogP contribution in [0.3, 0.4) is 0 Å². The van der Waals surface area contributed by atoms with Crippen LogP contribution in [-0.4, -0.2) is 71.3 Å². The minimum Gasteiger partial charge on any atom is -0.508 e. The average Bonchev–Trinajstić information content (AvgIpc) is 3.03. The largest absolute Gasteiger partial charge is 0.508 e. The van der Waals surface area contributed by atoms with Gasteiger partial charge in [0, 0.05) is 31.2 Å². The Kier molecular flexibility index (Phi) is 9.60. The highest BCUT2D eigenvalue weighted by Gasteiger charge is 2.57. The third-order valence-electron chi connectivity index (χ3n) is 8.85. The fraction of sp³-hybridized carbons (Fsp3) is 0.394. The van der Waals surface area contributed by atoms with Gasteiger partial charge in [0.15, 0.2) is 11.6 Å². The van der Waals surface area contributed by atoms with E-state index in [1.807, 2.05) is 35.2 Å². The van der Waals surface area contributed by atoms with Gasteiger partial charge in [-0.1, -0.05) is 42.5 Å². The van der Waals surface area contributed by atoms with E-state index in [0.717, 1.165) is 5.56 Å². The van der Waals surface area contributed by atoms with Crippen LogP contribution in [0.1, 0.15) is 45.5 Å². The van der Waals surface area contributed by atoms with E-state index in [1.165, 1.54) is 24.3 Å². The Morgan fingerprint density at radius 3 is 2.07 bits per heavy atom. The van der Waals surface area contributed by atoms with Gasteiger partial charge in [-0.25, -0.2) is 0 Å². The summed E-state index contributed by atoms with van der Waals surface area (Å²) >= 11 is 0. The number of hydrogen-bond acceptors (Lipinski definition) is 7. The van der Waals surface area contributed by atoms with Crippen molar-refractivity contribution >= 4 is 11.6 Å². The zero-order valence-corrected chi connectivity index (χ0v) is 24.7. The van der Waals surface area contributed by atoms with Crippen molar-refractivity contribution in [2.45, 2.75) is 49.4 Å². The minimum atomic E-state index is -5.18. The van der Waals surface area contributed by atoms with Crippen molar-refractivity contribution < 1.29 is 41.0 Å². The van der Waals surface area contributed by atoms with E-state index in [9.17, 15) is 41.0 Å². The Morgan fingerprint density at radius 1 is 0.870 bits per heavy atom. The van der Waals surface area contributed by atoms with Crippen molar-refractivity contribution in [1.82, 2.24) is 15.1 Å². The Labute approximate surface area is 262 Å². The smallest absolute Gasteiger partial charge is 0.416 e. The van der Waals surface area contributed by atoms with Gasteiger partial charge in [-0.2, -0.15) is 26.3 Å². The third-order valence-corrected chi connectivity index (χ3v) is 8.85. The first-order chi connectivity index (χ1) is 21.7. The number of nitrogens with one attached hydrogen (secondary N) is 1. The molecule has 46 heavy (non-hydrogen) atoms. The highest BCUT2D eigenvalue weighted by atomic mass is 19.4. The van der Waals surface area contributed by atoms with Crippen LogP contribution in [0.2, 0.25) is 0 Å². The number of benzene rings is 3. The van der Waals surface area contributed by atoms with Crippen molar-refractivity contribution in [3.8, 4) is 5.75 Å². The molecule has 0 spiro atoms. The van der Waals surface area contributed by atoms with Crippen molar-refractivity contribution in [2.24, 2.45) is 5.73 Å². The normalized spacial score (nSPS) is 22.1. The second-order valence-electron chi connectivity index (χ2n) is 11.7. The standard InChI is InChI=1S/C33H34F6N4O3/c34-32(35,36)24-15-22(16-25(17-24)33(37,38)39)29(46)30-31(28(45)19-40,23-7-4-8-27(44)18-23)43(14-11-41-30)26-9-12-42(13-10-26)20-21-5-2-1-3-6-21/h1-8,15-18,26,30,41,44H,9-14,19-20,40H2. The molecule has 2 fully saturated rings. The second-order valence-corrected chi connectivity index (χ2v) is 11.7. The van der Waals surface area contributed by atoms with Gasteiger partial charge in [0.2, 0.25) is 0 Å². The Bertz CT molecular complexity index is 1520. The summed E-state index contributed by atoms with van der Waals surface area (Å²) < 4.78 is 82.5. The van der Waals surface area contributed by atoms with Crippen LogP contribution < -0.4 is 11.1 Å². The molecule has 2 saturated heterocycles. The van der Waals surface area contributed by atoms with Gasteiger partial charge < -0.3 is 16.2 Å². The number of ketones is 2. The molecule has 4 N–H and O–H groups in total. The molecular formula is C33H34F6N4O3. The molecule has 13 heteroatoms. The number of Topliss-reactive ketones (excluding diaryl/α,β-unsaturated/α-hetero) is 2. The molecule has 7 nitrogen and oxygen atoms in total. The van der Waals surface area contributed by atoms with Crippen LogP contribution in [-0.2, 0) is 29.2 Å². The molecule has 3 aromatic rings. The van der Waals surface area contributed by atoms with Gasteiger partial charge in [0.25, 0.3) is 0 Å². The highest BCUT2D eigenvalue weighted by molar-refractivity contribution is 6.07. The quantitative estimate of drug-likeness (QED) is 0.234. The summed E-state index contributed by atoms with van der Waals surface area (Å²) in [7, 11) is 0. The van der Waals surface area contributed by atoms with Gasteiger partial charge in [-0.05, 0) is 67.4 Å². The fourth-order valence-corrected chi connectivity index (χ4v) is 6.78. The van der Waals surface area contributed by atoms with E-state index in [0.29, 0.717) is 44.6 Å². The second kappa shape index (κ2) is 13.1. The van der Waals surface area contributed by atoms with E-state index in [-0.39, 0.29) is 36.5 Å². The zero-order chi connectivity index (χ0) is 33.3. The molecule has 0 bridgehead atoms. The Hall–Kier alpha value is -3.78. The lowest BCUT2D eigenvalue weighted by Crippen LogP contribution is -2.74. The number of rotatable bonds is 8. The highest BCUT2D eigenvalue weighted by Crippen LogP contribution is 2.43. The molecule has 0 saturated carbocycles. The molecule has 3 aromatic carbocycles. The molecule has 2 heterocycles. The molecule has 0 aliphatic carbocycles. The van der Waals surface area contributed by atoms with Crippen molar-refractivity contribution in [3.63, 3.8) is 0 Å². The fourth-order valence-electron chi connectivity index (χ4n) is 6.78. The minimum absolute atomic E-state index is 0.0475. The first-order valence-corrected chi connectivity index (χ1v) is 14.9. The Balaban J connectivity index is 1.59. The molecule has 2 atom stereocenters. The van der Waals surface area contributed by atoms with Gasteiger partial charge in [-0.15, -0.1) is 0 Å². The molecule has 246 valence electrons. The van der Waals surface area contributed by atoms with Crippen molar-refractivity contribution in [2.75, 3.05) is 32.7 Å². The number of nitrogens with two attached hydrogens (primary N) is 1. The van der Waals surface area contributed by atoms with Crippen molar-refractivity contribution in [3.05, 3.63) is 101 Å². The lowest BCUT2D eigenvalue weighted by atomic mass is 9.71. The number of phenolic OH excluding ortho intramolecular Hbond substituents is 1. The van der Waals surface area contributed by atoms with Gasteiger partial charge >= 0.3 is 12.4 Å². The number of aromatic hydroxyl groups is 1. The van der Waals surface area contributed by atoms with Crippen molar-refractivity contribution in [1.29, 1.82) is 0 Å². The Morgan fingerprint density at radius 2 is 1.50 bits per heavy atom. The molecule has 0 radical (unpaired) electrons. The maximum atomic E-state index is 14.2. The van der Waals surface area contributed by atoms with Crippen LogP contribution >= 0.6 is 0 Å². The topological polar surface area (TPSA) is 98.9 Å². The van der Waals surface area contributed by atoms with Gasteiger partial charge in [0.1, 0.15) is 17.3 Å². The molecule has 5 rings (SSSR count). The van der Waals surface area contributed by atoms with Crippen LogP contribution in [0.4, 0.5) is 26.3 Å². The van der Waals surface area contributed by atoms with Crippen LogP contribution in [0.25, 0.3) is 0 Å². The average molecular weight is 649 g/mol.